The molecule has 2 atom stereocenters. The van der Waals surface area contributed by atoms with E-state index < -0.39 is 0 Å². The Bertz CT molecular complexity index is 1100. The first-order chi connectivity index (χ1) is 14.6. The number of para-hydroxylation sites is 2. The number of benzene rings is 3. The normalized spacial score (nSPS) is 13.1. The summed E-state index contributed by atoms with van der Waals surface area (Å²) < 4.78 is 0. The molecule has 4 aromatic rings. The van der Waals surface area contributed by atoms with Gasteiger partial charge in [-0.1, -0.05) is 66.7 Å². The molecule has 0 radical (unpaired) electrons. The van der Waals surface area contributed by atoms with E-state index in [2.05, 4.69) is 59.0 Å². The van der Waals surface area contributed by atoms with Crippen molar-refractivity contribution in [1.82, 2.24) is 10.3 Å². The van der Waals surface area contributed by atoms with Crippen molar-refractivity contribution >= 4 is 22.5 Å². The van der Waals surface area contributed by atoms with Crippen LogP contribution in [0.2, 0.25) is 0 Å². The fraction of sp³-hybridized carbons (Fsp3) is 0.192. The minimum atomic E-state index is -0.299. The number of H-pyrrole nitrogens is 1. The Balaban J connectivity index is 1.55. The van der Waals surface area contributed by atoms with Crippen LogP contribution in [0, 0.1) is 0 Å². The molecular weight excluding hydrogens is 370 g/mol. The number of carbonyl (C=O) groups is 1. The number of aromatic amines is 1. The van der Waals surface area contributed by atoms with Crippen molar-refractivity contribution in [3.8, 4) is 0 Å². The van der Waals surface area contributed by atoms with Crippen LogP contribution >= 0.6 is 0 Å². The smallest absolute Gasteiger partial charge is 0.243 e. The molecule has 0 aliphatic heterocycles. The van der Waals surface area contributed by atoms with Crippen molar-refractivity contribution in [1.29, 1.82) is 0 Å². The summed E-state index contributed by atoms with van der Waals surface area (Å²) in [6.45, 7) is 2.60. The van der Waals surface area contributed by atoms with Crippen molar-refractivity contribution in [3.05, 3.63) is 102 Å². The number of fused-ring (bicyclic) bond motifs is 1. The summed E-state index contributed by atoms with van der Waals surface area (Å²) >= 11 is 0. The lowest BCUT2D eigenvalue weighted by atomic mass is 9.90. The summed E-state index contributed by atoms with van der Waals surface area (Å²) in [5, 5.41) is 4.70. The molecule has 0 bridgehead atoms. The standard InChI is InChI=1S/C26H27N3O/c1-19(26(30)29(2)21-13-7-4-8-14-21)27-17-23(20-11-5-3-6-12-20)24-18-28-25-16-10-9-15-22(24)25/h3-16,18-19,23,27-28H,17H2,1-2H3/t19-,23+/m1/s1. The first-order valence-electron chi connectivity index (χ1n) is 10.3. The third-order valence-corrected chi connectivity index (χ3v) is 5.67. The Hall–Kier alpha value is -3.37. The lowest BCUT2D eigenvalue weighted by Crippen LogP contribution is -2.44. The Morgan fingerprint density at radius 3 is 2.30 bits per heavy atom. The van der Waals surface area contributed by atoms with Gasteiger partial charge in [0.15, 0.2) is 0 Å². The highest BCUT2D eigenvalue weighted by molar-refractivity contribution is 5.96. The molecule has 0 fully saturated rings. The van der Waals surface area contributed by atoms with Gasteiger partial charge in [0, 0.05) is 42.3 Å². The predicted octanol–water partition coefficient (Wildman–Crippen LogP) is 4.94. The molecule has 30 heavy (non-hydrogen) atoms. The molecule has 0 aliphatic carbocycles. The van der Waals surface area contributed by atoms with Crippen molar-refractivity contribution in [3.63, 3.8) is 0 Å². The predicted molar refractivity (Wildman–Crippen MR) is 124 cm³/mol. The number of likely N-dealkylation sites (N-methyl/N-ethyl adjacent to an activating group) is 1. The van der Waals surface area contributed by atoms with E-state index in [0.717, 1.165) is 11.2 Å². The van der Waals surface area contributed by atoms with E-state index >= 15 is 0 Å². The second kappa shape index (κ2) is 8.97. The van der Waals surface area contributed by atoms with Gasteiger partial charge in [-0.2, -0.15) is 0 Å². The highest BCUT2D eigenvalue weighted by atomic mass is 16.2. The zero-order chi connectivity index (χ0) is 20.9. The van der Waals surface area contributed by atoms with E-state index in [4.69, 9.17) is 0 Å². The second-order valence-corrected chi connectivity index (χ2v) is 7.62. The average molecular weight is 398 g/mol. The zero-order valence-electron chi connectivity index (χ0n) is 17.4. The number of nitrogens with zero attached hydrogens (tertiary/aromatic N) is 1. The van der Waals surface area contributed by atoms with Crippen molar-refractivity contribution in [2.45, 2.75) is 18.9 Å². The van der Waals surface area contributed by atoms with Gasteiger partial charge < -0.3 is 15.2 Å². The van der Waals surface area contributed by atoms with E-state index in [0.29, 0.717) is 6.54 Å². The third-order valence-electron chi connectivity index (χ3n) is 5.67. The topological polar surface area (TPSA) is 48.1 Å². The molecular formula is C26H27N3O. The Morgan fingerprint density at radius 1 is 0.933 bits per heavy atom. The summed E-state index contributed by atoms with van der Waals surface area (Å²) in [6.07, 6.45) is 2.09. The molecule has 0 saturated carbocycles. The molecule has 0 aliphatic rings. The minimum Gasteiger partial charge on any atom is -0.361 e. The fourth-order valence-corrected chi connectivity index (χ4v) is 3.93. The number of amides is 1. The largest absolute Gasteiger partial charge is 0.361 e. The van der Waals surface area contributed by atoms with Gasteiger partial charge in [0.2, 0.25) is 5.91 Å². The molecule has 1 aromatic heterocycles. The maximum atomic E-state index is 12.9. The van der Waals surface area contributed by atoms with Crippen molar-refractivity contribution in [2.24, 2.45) is 0 Å². The van der Waals surface area contributed by atoms with Gasteiger partial charge in [-0.05, 0) is 36.2 Å². The lowest BCUT2D eigenvalue weighted by molar-refractivity contribution is -0.119. The molecule has 4 rings (SSSR count). The maximum absolute atomic E-state index is 12.9. The van der Waals surface area contributed by atoms with Crippen LogP contribution in [0.25, 0.3) is 10.9 Å². The highest BCUT2D eigenvalue weighted by Crippen LogP contribution is 2.30. The van der Waals surface area contributed by atoms with Crippen LogP contribution in [-0.4, -0.2) is 30.5 Å². The number of anilines is 1. The molecule has 4 heteroatoms. The monoisotopic (exact) mass is 397 g/mol. The Labute approximate surface area is 177 Å². The molecule has 0 spiro atoms. The van der Waals surface area contributed by atoms with Crippen molar-refractivity contribution in [2.75, 3.05) is 18.5 Å². The number of rotatable bonds is 7. The number of nitrogens with one attached hydrogen (secondary N) is 2. The van der Waals surface area contributed by atoms with Gasteiger partial charge in [-0.25, -0.2) is 0 Å². The van der Waals surface area contributed by atoms with Crippen LogP contribution in [-0.2, 0) is 4.79 Å². The first-order valence-corrected chi connectivity index (χ1v) is 10.3. The number of hydrogen-bond donors (Lipinski definition) is 2. The quantitative estimate of drug-likeness (QED) is 0.464. The van der Waals surface area contributed by atoms with E-state index in [-0.39, 0.29) is 17.9 Å². The summed E-state index contributed by atoms with van der Waals surface area (Å²) in [5.74, 6) is 0.187. The van der Waals surface area contributed by atoms with Gasteiger partial charge in [-0.15, -0.1) is 0 Å². The number of aromatic nitrogens is 1. The highest BCUT2D eigenvalue weighted by Gasteiger charge is 2.22. The van der Waals surface area contributed by atoms with Gasteiger partial charge in [0.25, 0.3) is 0 Å². The lowest BCUT2D eigenvalue weighted by Gasteiger charge is -2.25. The molecule has 2 N–H and O–H groups in total. The third kappa shape index (κ3) is 4.14. The molecule has 4 nitrogen and oxygen atoms in total. The second-order valence-electron chi connectivity index (χ2n) is 7.62. The van der Waals surface area contributed by atoms with Crippen molar-refractivity contribution < 1.29 is 4.79 Å². The van der Waals surface area contributed by atoms with Gasteiger partial charge >= 0.3 is 0 Å². The van der Waals surface area contributed by atoms with Crippen LogP contribution in [0.4, 0.5) is 5.69 Å². The summed E-state index contributed by atoms with van der Waals surface area (Å²) in [7, 11) is 1.82. The van der Waals surface area contributed by atoms with Crippen LogP contribution in [0.5, 0.6) is 0 Å². The number of carbonyl (C=O) groups excluding carboxylic acids is 1. The summed E-state index contributed by atoms with van der Waals surface area (Å²) in [6, 6.07) is 28.2. The molecule has 3 aromatic carbocycles. The summed E-state index contributed by atoms with van der Waals surface area (Å²) in [5.41, 5.74) is 4.49. The van der Waals surface area contributed by atoms with E-state index in [9.17, 15) is 4.79 Å². The molecule has 0 unspecified atom stereocenters. The van der Waals surface area contributed by atoms with Gasteiger partial charge in [0.05, 0.1) is 6.04 Å². The SMILES string of the molecule is C[C@@H](NC[C@@H](c1ccccc1)c1c[nH]c2ccccc12)C(=O)N(C)c1ccccc1. The summed E-state index contributed by atoms with van der Waals surface area (Å²) in [4.78, 5) is 18.0. The van der Waals surface area contributed by atoms with Gasteiger partial charge in [-0.3, -0.25) is 4.79 Å². The van der Waals surface area contributed by atoms with E-state index in [1.54, 1.807) is 4.90 Å². The Kier molecular flexibility index (Phi) is 5.96. The average Bonchev–Trinajstić information content (AvgIpc) is 3.23. The van der Waals surface area contributed by atoms with E-state index in [1.165, 1.54) is 16.5 Å². The van der Waals surface area contributed by atoms with Crippen LogP contribution in [0.1, 0.15) is 24.0 Å². The van der Waals surface area contributed by atoms with Crippen LogP contribution in [0.3, 0.4) is 0 Å². The van der Waals surface area contributed by atoms with Gasteiger partial charge in [0.1, 0.15) is 0 Å². The molecule has 0 saturated heterocycles. The first kappa shape index (κ1) is 19.9. The van der Waals surface area contributed by atoms with Crippen LogP contribution in [0.15, 0.2) is 91.1 Å². The fourth-order valence-electron chi connectivity index (χ4n) is 3.93. The van der Waals surface area contributed by atoms with E-state index in [1.807, 2.05) is 56.4 Å². The van der Waals surface area contributed by atoms with Crippen LogP contribution < -0.4 is 10.2 Å². The molecule has 1 amide bonds. The maximum Gasteiger partial charge on any atom is 0.243 e. The number of hydrogen-bond acceptors (Lipinski definition) is 2. The zero-order valence-corrected chi connectivity index (χ0v) is 17.4. The molecule has 1 heterocycles. The minimum absolute atomic E-state index is 0.0481. The molecule has 152 valence electrons. The Morgan fingerprint density at radius 2 is 1.57 bits per heavy atom.